The lowest BCUT2D eigenvalue weighted by Gasteiger charge is -2.36. The number of nitrogens with zero attached hydrogens (tertiary/aromatic N) is 1. The Morgan fingerprint density at radius 3 is 2.44 bits per heavy atom. The van der Waals surface area contributed by atoms with E-state index in [4.69, 9.17) is 0 Å². The number of hydrogen-bond donors (Lipinski definition) is 2. The Balaban J connectivity index is 2.25. The van der Waals surface area contributed by atoms with Crippen LogP contribution >= 0.6 is 0 Å². The summed E-state index contributed by atoms with van der Waals surface area (Å²) in [4.78, 5) is 2.58. The molecule has 2 N–H and O–H groups in total. The van der Waals surface area contributed by atoms with Crippen molar-refractivity contribution in [2.45, 2.75) is 53.0 Å². The fourth-order valence-electron chi connectivity index (χ4n) is 2.65. The molecular formula is C15H32N2O. The van der Waals surface area contributed by atoms with Gasteiger partial charge in [0.15, 0.2) is 0 Å². The van der Waals surface area contributed by atoms with Gasteiger partial charge >= 0.3 is 0 Å². The van der Waals surface area contributed by atoms with E-state index >= 15 is 0 Å². The van der Waals surface area contributed by atoms with Crippen LogP contribution < -0.4 is 5.32 Å². The SMILES string of the molecule is CCCN1CCC(C(C)NCC(C)(C)CO)CC1. The molecule has 18 heavy (non-hydrogen) atoms. The Hall–Kier alpha value is -0.120. The maximum atomic E-state index is 9.26. The number of aliphatic hydroxyl groups excluding tert-OH is 1. The summed E-state index contributed by atoms with van der Waals surface area (Å²) in [7, 11) is 0. The molecule has 0 aromatic heterocycles. The highest BCUT2D eigenvalue weighted by atomic mass is 16.3. The molecule has 3 heteroatoms. The van der Waals surface area contributed by atoms with Crippen LogP contribution in [0.15, 0.2) is 0 Å². The average Bonchev–Trinajstić information content (AvgIpc) is 2.37. The van der Waals surface area contributed by atoms with Crippen LogP contribution in [0, 0.1) is 11.3 Å². The second-order valence-electron chi connectivity index (χ2n) is 6.67. The Morgan fingerprint density at radius 2 is 1.94 bits per heavy atom. The van der Waals surface area contributed by atoms with Crippen LogP contribution in [-0.2, 0) is 0 Å². The minimum atomic E-state index is -0.00280. The van der Waals surface area contributed by atoms with Crippen molar-refractivity contribution in [1.29, 1.82) is 0 Å². The lowest BCUT2D eigenvalue weighted by atomic mass is 9.88. The van der Waals surface area contributed by atoms with Crippen molar-refractivity contribution in [1.82, 2.24) is 10.2 Å². The standard InChI is InChI=1S/C15H32N2O/c1-5-8-17-9-6-14(7-10-17)13(2)16-11-15(3,4)12-18/h13-14,16,18H,5-12H2,1-4H3. The van der Waals surface area contributed by atoms with Gasteiger partial charge in [-0.15, -0.1) is 0 Å². The summed E-state index contributed by atoms with van der Waals surface area (Å²) in [6, 6.07) is 0.569. The van der Waals surface area contributed by atoms with Crippen molar-refractivity contribution in [3.8, 4) is 0 Å². The summed E-state index contributed by atoms with van der Waals surface area (Å²) in [6.07, 6.45) is 3.89. The minimum Gasteiger partial charge on any atom is -0.396 e. The highest BCUT2D eigenvalue weighted by Gasteiger charge is 2.25. The van der Waals surface area contributed by atoms with Crippen LogP contribution in [-0.4, -0.2) is 48.8 Å². The lowest BCUT2D eigenvalue weighted by molar-refractivity contribution is 0.133. The van der Waals surface area contributed by atoms with Crippen LogP contribution in [0.2, 0.25) is 0 Å². The Kier molecular flexibility index (Phi) is 6.61. The zero-order valence-corrected chi connectivity index (χ0v) is 12.7. The minimum absolute atomic E-state index is 0.00280. The molecular weight excluding hydrogens is 224 g/mol. The van der Waals surface area contributed by atoms with Crippen molar-refractivity contribution < 1.29 is 5.11 Å². The highest BCUT2D eigenvalue weighted by Crippen LogP contribution is 2.21. The van der Waals surface area contributed by atoms with Gasteiger partial charge in [-0.05, 0) is 51.7 Å². The van der Waals surface area contributed by atoms with Crippen LogP contribution in [0.3, 0.4) is 0 Å². The molecule has 1 atom stereocenters. The van der Waals surface area contributed by atoms with E-state index in [0.717, 1.165) is 12.5 Å². The van der Waals surface area contributed by atoms with Crippen LogP contribution in [0.1, 0.15) is 47.0 Å². The normalized spacial score (nSPS) is 21.2. The van der Waals surface area contributed by atoms with Gasteiger partial charge in [-0.3, -0.25) is 0 Å². The second-order valence-corrected chi connectivity index (χ2v) is 6.67. The number of nitrogens with one attached hydrogen (secondary N) is 1. The zero-order valence-electron chi connectivity index (χ0n) is 12.7. The Bertz CT molecular complexity index is 223. The molecule has 0 spiro atoms. The smallest absolute Gasteiger partial charge is 0.0494 e. The molecule has 1 unspecified atom stereocenters. The van der Waals surface area contributed by atoms with Gasteiger partial charge < -0.3 is 15.3 Å². The van der Waals surface area contributed by atoms with Crippen molar-refractivity contribution in [2.75, 3.05) is 32.8 Å². The zero-order chi connectivity index (χ0) is 13.6. The molecule has 0 aliphatic carbocycles. The number of aliphatic hydroxyl groups is 1. The van der Waals surface area contributed by atoms with E-state index in [1.165, 1.54) is 38.9 Å². The second kappa shape index (κ2) is 7.46. The number of rotatable bonds is 7. The molecule has 3 nitrogen and oxygen atoms in total. The molecule has 1 aliphatic heterocycles. The summed E-state index contributed by atoms with van der Waals surface area (Å²) < 4.78 is 0. The third-order valence-corrected chi connectivity index (χ3v) is 4.21. The molecule has 108 valence electrons. The van der Waals surface area contributed by atoms with Gasteiger partial charge in [0.1, 0.15) is 0 Å². The van der Waals surface area contributed by atoms with Gasteiger partial charge in [-0.2, -0.15) is 0 Å². The third kappa shape index (κ3) is 5.25. The quantitative estimate of drug-likeness (QED) is 0.732. The molecule has 0 aromatic carbocycles. The Labute approximate surface area is 113 Å². The number of hydrogen-bond acceptors (Lipinski definition) is 3. The molecule has 1 aliphatic rings. The van der Waals surface area contributed by atoms with E-state index in [2.05, 4.69) is 37.9 Å². The number of piperidine rings is 1. The molecule has 0 amide bonds. The predicted molar refractivity (Wildman–Crippen MR) is 77.8 cm³/mol. The van der Waals surface area contributed by atoms with Gasteiger partial charge in [-0.25, -0.2) is 0 Å². The van der Waals surface area contributed by atoms with E-state index in [9.17, 15) is 5.11 Å². The first kappa shape index (κ1) is 15.9. The maximum absolute atomic E-state index is 9.26. The predicted octanol–water partition coefficient (Wildman–Crippen LogP) is 2.10. The van der Waals surface area contributed by atoms with Crippen molar-refractivity contribution in [2.24, 2.45) is 11.3 Å². The molecule has 0 aromatic rings. The molecule has 0 saturated carbocycles. The van der Waals surface area contributed by atoms with Crippen LogP contribution in [0.25, 0.3) is 0 Å². The first-order chi connectivity index (χ1) is 8.48. The van der Waals surface area contributed by atoms with Crippen molar-refractivity contribution in [3.05, 3.63) is 0 Å². The monoisotopic (exact) mass is 256 g/mol. The van der Waals surface area contributed by atoms with E-state index in [1.54, 1.807) is 0 Å². The van der Waals surface area contributed by atoms with Gasteiger partial charge in [0.25, 0.3) is 0 Å². The van der Waals surface area contributed by atoms with Gasteiger partial charge in [0.05, 0.1) is 0 Å². The largest absolute Gasteiger partial charge is 0.396 e. The molecule has 1 heterocycles. The molecule has 0 bridgehead atoms. The first-order valence-electron chi connectivity index (χ1n) is 7.55. The molecule has 1 saturated heterocycles. The summed E-state index contributed by atoms with van der Waals surface area (Å²) in [5.74, 6) is 0.799. The summed E-state index contributed by atoms with van der Waals surface area (Å²) in [5, 5.41) is 12.9. The maximum Gasteiger partial charge on any atom is 0.0494 e. The molecule has 0 radical (unpaired) electrons. The highest BCUT2D eigenvalue weighted by molar-refractivity contribution is 4.81. The Morgan fingerprint density at radius 1 is 1.33 bits per heavy atom. The van der Waals surface area contributed by atoms with Gasteiger partial charge in [-0.1, -0.05) is 20.8 Å². The fourth-order valence-corrected chi connectivity index (χ4v) is 2.65. The van der Waals surface area contributed by atoms with Gasteiger partial charge in [0.2, 0.25) is 0 Å². The topological polar surface area (TPSA) is 35.5 Å². The average molecular weight is 256 g/mol. The lowest BCUT2D eigenvalue weighted by Crippen LogP contribution is -2.45. The van der Waals surface area contributed by atoms with Crippen molar-refractivity contribution >= 4 is 0 Å². The fraction of sp³-hybridized carbons (Fsp3) is 1.00. The third-order valence-electron chi connectivity index (χ3n) is 4.21. The summed E-state index contributed by atoms with van der Waals surface area (Å²) in [5.41, 5.74) is -0.00280. The summed E-state index contributed by atoms with van der Waals surface area (Å²) in [6.45, 7) is 13.7. The van der Waals surface area contributed by atoms with Gasteiger partial charge in [0, 0.05) is 24.6 Å². The first-order valence-corrected chi connectivity index (χ1v) is 7.55. The molecule has 1 rings (SSSR count). The van der Waals surface area contributed by atoms with Crippen LogP contribution in [0.5, 0.6) is 0 Å². The number of likely N-dealkylation sites (tertiary alicyclic amines) is 1. The van der Waals surface area contributed by atoms with E-state index in [1.807, 2.05) is 0 Å². The van der Waals surface area contributed by atoms with E-state index < -0.39 is 0 Å². The van der Waals surface area contributed by atoms with E-state index in [0.29, 0.717) is 6.04 Å². The van der Waals surface area contributed by atoms with E-state index in [-0.39, 0.29) is 12.0 Å². The molecule has 1 fully saturated rings. The summed E-state index contributed by atoms with van der Waals surface area (Å²) >= 11 is 0. The van der Waals surface area contributed by atoms with Crippen molar-refractivity contribution in [3.63, 3.8) is 0 Å². The van der Waals surface area contributed by atoms with Crippen LogP contribution in [0.4, 0.5) is 0 Å².